The van der Waals surface area contributed by atoms with Crippen molar-refractivity contribution in [1.29, 1.82) is 0 Å². The second-order valence-electron chi connectivity index (χ2n) is 8.06. The van der Waals surface area contributed by atoms with Gasteiger partial charge in [-0.15, -0.1) is 0 Å². The molecule has 0 atom stereocenters. The van der Waals surface area contributed by atoms with Gasteiger partial charge in [-0.3, -0.25) is 24.5 Å². The van der Waals surface area contributed by atoms with E-state index in [0.29, 0.717) is 34.4 Å². The minimum absolute atomic E-state index is 0.126. The molecule has 0 unspecified atom stereocenters. The van der Waals surface area contributed by atoms with Gasteiger partial charge in [0.15, 0.2) is 0 Å². The Bertz CT molecular complexity index is 1400. The number of aromatic amines is 1. The lowest BCUT2D eigenvalue weighted by Crippen LogP contribution is -2.36. The van der Waals surface area contributed by atoms with Crippen LogP contribution in [-0.4, -0.2) is 39.6 Å². The first-order valence-electron chi connectivity index (χ1n) is 11.5. The van der Waals surface area contributed by atoms with E-state index in [1.54, 1.807) is 7.05 Å². The number of benzene rings is 1. The van der Waals surface area contributed by atoms with E-state index in [0.717, 1.165) is 19.3 Å². The van der Waals surface area contributed by atoms with Gasteiger partial charge < -0.3 is 9.88 Å². The molecule has 1 aromatic carbocycles. The Labute approximate surface area is 207 Å². The Balaban J connectivity index is 2.02. The normalized spacial score (nSPS) is 12.1. The van der Waals surface area contributed by atoms with Gasteiger partial charge in [0.2, 0.25) is 5.91 Å². The quantitative estimate of drug-likeness (QED) is 0.413. The van der Waals surface area contributed by atoms with Crippen molar-refractivity contribution in [2.24, 2.45) is 4.99 Å². The smallest absolute Gasteiger partial charge is 0.280 e. The number of H-pyrrole nitrogens is 1. The number of aliphatic imine (C=N–C) groups is 1. The van der Waals surface area contributed by atoms with Crippen LogP contribution in [0.25, 0.3) is 16.6 Å². The zero-order valence-electron chi connectivity index (χ0n) is 20.0. The molecule has 0 bridgehead atoms. The number of pyridine rings is 1. The van der Waals surface area contributed by atoms with Gasteiger partial charge in [-0.25, -0.2) is 9.07 Å². The minimum Gasteiger partial charge on any atom is -0.349 e. The van der Waals surface area contributed by atoms with Crippen LogP contribution in [0.2, 0.25) is 5.02 Å². The van der Waals surface area contributed by atoms with Crippen molar-refractivity contribution in [3.05, 3.63) is 73.7 Å². The molecule has 3 aromatic rings. The van der Waals surface area contributed by atoms with E-state index in [4.69, 9.17) is 11.6 Å². The lowest BCUT2D eigenvalue weighted by atomic mass is 10.1. The number of allylic oxidation sites excluding steroid dienone is 1. The summed E-state index contributed by atoms with van der Waals surface area (Å²) in [7, 11) is 1.65. The number of carbonyl (C=O) groups excluding carboxylic acids is 1. The molecule has 0 aliphatic carbocycles. The summed E-state index contributed by atoms with van der Waals surface area (Å²) in [4.78, 5) is 43.2. The average Bonchev–Trinajstić information content (AvgIpc) is 3.16. The molecule has 2 aromatic heterocycles. The number of hydrogen-bond donors (Lipinski definition) is 2. The SMILES string of the molecule is CC/C=C\C(CNC(=O)Cn1c(CCCC)c2c(=O)n(-c3ccc(F)c(Cl)c3)[nH]c2cc1=O)=NC. The van der Waals surface area contributed by atoms with Crippen molar-refractivity contribution in [1.82, 2.24) is 19.7 Å². The number of rotatable bonds is 10. The van der Waals surface area contributed by atoms with Crippen molar-refractivity contribution in [3.63, 3.8) is 0 Å². The lowest BCUT2D eigenvalue weighted by molar-refractivity contribution is -0.121. The monoisotopic (exact) mass is 501 g/mol. The maximum atomic E-state index is 13.6. The summed E-state index contributed by atoms with van der Waals surface area (Å²) < 4.78 is 16.2. The minimum atomic E-state index is -0.602. The molecule has 0 saturated carbocycles. The Morgan fingerprint density at radius 3 is 2.69 bits per heavy atom. The fraction of sp³-hybridized carbons (Fsp3) is 0.360. The fourth-order valence-electron chi connectivity index (χ4n) is 3.75. The Morgan fingerprint density at radius 2 is 2.03 bits per heavy atom. The largest absolute Gasteiger partial charge is 0.349 e. The van der Waals surface area contributed by atoms with Gasteiger partial charge in [-0.2, -0.15) is 0 Å². The predicted molar refractivity (Wildman–Crippen MR) is 138 cm³/mol. The number of nitrogens with one attached hydrogen (secondary N) is 2. The molecule has 186 valence electrons. The molecule has 1 amide bonds. The highest BCUT2D eigenvalue weighted by molar-refractivity contribution is 6.30. The molecule has 10 heteroatoms. The van der Waals surface area contributed by atoms with Crippen molar-refractivity contribution < 1.29 is 9.18 Å². The predicted octanol–water partition coefficient (Wildman–Crippen LogP) is 3.77. The maximum absolute atomic E-state index is 13.6. The number of hydrogen-bond acceptors (Lipinski definition) is 4. The molecular formula is C25H29ClFN5O3. The number of aromatic nitrogens is 3. The van der Waals surface area contributed by atoms with Gasteiger partial charge in [0, 0.05) is 18.8 Å². The third-order valence-corrected chi connectivity index (χ3v) is 5.89. The topological polar surface area (TPSA) is 101 Å². The van der Waals surface area contributed by atoms with Crippen LogP contribution < -0.4 is 16.4 Å². The van der Waals surface area contributed by atoms with Gasteiger partial charge in [-0.1, -0.05) is 37.9 Å². The molecule has 8 nitrogen and oxygen atoms in total. The second-order valence-corrected chi connectivity index (χ2v) is 8.47. The molecule has 0 aliphatic heterocycles. The molecule has 2 N–H and O–H groups in total. The second kappa shape index (κ2) is 11.8. The molecule has 2 heterocycles. The van der Waals surface area contributed by atoms with Crippen LogP contribution in [0.5, 0.6) is 0 Å². The van der Waals surface area contributed by atoms with Crippen LogP contribution in [0, 0.1) is 5.82 Å². The number of aryl methyl sites for hydroxylation is 1. The number of halogens is 2. The van der Waals surface area contributed by atoms with E-state index in [1.165, 1.54) is 33.5 Å². The summed E-state index contributed by atoms with van der Waals surface area (Å²) in [6.45, 7) is 4.01. The van der Waals surface area contributed by atoms with Crippen LogP contribution in [0.1, 0.15) is 38.8 Å². The molecule has 0 radical (unpaired) electrons. The van der Waals surface area contributed by atoms with Gasteiger partial charge in [0.1, 0.15) is 12.4 Å². The third kappa shape index (κ3) is 5.97. The highest BCUT2D eigenvalue weighted by Gasteiger charge is 2.19. The Morgan fingerprint density at radius 1 is 1.26 bits per heavy atom. The molecule has 0 fully saturated rings. The third-order valence-electron chi connectivity index (χ3n) is 5.60. The molecular weight excluding hydrogens is 473 g/mol. The number of amides is 1. The zero-order chi connectivity index (χ0) is 25.5. The Kier molecular flexibility index (Phi) is 8.81. The summed E-state index contributed by atoms with van der Waals surface area (Å²) in [5.41, 5.74) is 1.05. The van der Waals surface area contributed by atoms with E-state index in [9.17, 15) is 18.8 Å². The van der Waals surface area contributed by atoms with Gasteiger partial charge >= 0.3 is 0 Å². The van der Waals surface area contributed by atoms with Crippen molar-refractivity contribution in [2.45, 2.75) is 46.1 Å². The van der Waals surface area contributed by atoms with Crippen molar-refractivity contribution >= 4 is 34.1 Å². The first kappa shape index (κ1) is 26.2. The number of unbranched alkanes of at least 4 members (excludes halogenated alkanes) is 1. The maximum Gasteiger partial charge on any atom is 0.280 e. The summed E-state index contributed by atoms with van der Waals surface area (Å²) in [6.07, 6.45) is 6.64. The zero-order valence-corrected chi connectivity index (χ0v) is 20.8. The first-order chi connectivity index (χ1) is 16.8. The van der Waals surface area contributed by atoms with Crippen LogP contribution in [0.3, 0.4) is 0 Å². The van der Waals surface area contributed by atoms with Crippen molar-refractivity contribution in [3.8, 4) is 5.69 Å². The molecule has 0 spiro atoms. The Hall–Kier alpha value is -3.46. The highest BCUT2D eigenvalue weighted by Crippen LogP contribution is 2.20. The molecule has 0 aliphatic rings. The van der Waals surface area contributed by atoms with E-state index in [-0.39, 0.29) is 24.0 Å². The van der Waals surface area contributed by atoms with Crippen LogP contribution in [0.4, 0.5) is 4.39 Å². The summed E-state index contributed by atoms with van der Waals surface area (Å²) >= 11 is 5.90. The fourth-order valence-corrected chi connectivity index (χ4v) is 3.92. The van der Waals surface area contributed by atoms with E-state index in [2.05, 4.69) is 15.4 Å². The summed E-state index contributed by atoms with van der Waals surface area (Å²) in [6, 6.07) is 5.22. The number of nitrogens with zero attached hydrogens (tertiary/aromatic N) is 3. The lowest BCUT2D eigenvalue weighted by Gasteiger charge is -2.13. The van der Waals surface area contributed by atoms with Crippen molar-refractivity contribution in [2.75, 3.05) is 13.6 Å². The van der Waals surface area contributed by atoms with Crippen LogP contribution in [-0.2, 0) is 17.8 Å². The van der Waals surface area contributed by atoms with Crippen LogP contribution >= 0.6 is 11.6 Å². The number of fused-ring (bicyclic) bond motifs is 1. The highest BCUT2D eigenvalue weighted by atomic mass is 35.5. The van der Waals surface area contributed by atoms with Gasteiger partial charge in [0.25, 0.3) is 11.1 Å². The molecule has 35 heavy (non-hydrogen) atoms. The first-order valence-corrected chi connectivity index (χ1v) is 11.9. The summed E-state index contributed by atoms with van der Waals surface area (Å²) in [5.74, 6) is -0.966. The van der Waals surface area contributed by atoms with Crippen LogP contribution in [0.15, 0.2) is 51.0 Å². The standard InChI is InChI=1S/C25H29ClFN5O3/c1-4-6-8-16(28-3)14-29-22(33)15-31-21(9-7-5-2)24-20(13-23(31)34)30-32(25(24)35)17-10-11-19(27)18(26)12-17/h6,8,10-13,30H,4-5,7,9,14-15H2,1-3H3,(H,29,33)/b8-6-,28-16?. The van der Waals surface area contributed by atoms with E-state index in [1.807, 2.05) is 26.0 Å². The molecule has 3 rings (SSSR count). The van der Waals surface area contributed by atoms with Gasteiger partial charge in [0.05, 0.1) is 33.9 Å². The average molecular weight is 502 g/mol. The number of carbonyl (C=O) groups is 1. The van der Waals surface area contributed by atoms with E-state index < -0.39 is 16.9 Å². The van der Waals surface area contributed by atoms with E-state index >= 15 is 0 Å². The van der Waals surface area contributed by atoms with Gasteiger partial charge in [-0.05, 0) is 43.5 Å². The molecule has 0 saturated heterocycles. The summed E-state index contributed by atoms with van der Waals surface area (Å²) in [5, 5.41) is 5.89.